The number of rotatable bonds is 6. The van der Waals surface area contributed by atoms with E-state index in [1.807, 2.05) is 0 Å². The predicted octanol–water partition coefficient (Wildman–Crippen LogP) is 1.78. The van der Waals surface area contributed by atoms with Crippen molar-refractivity contribution in [2.24, 2.45) is 0 Å². The Morgan fingerprint density at radius 3 is 2.74 bits per heavy atom. The zero-order chi connectivity index (χ0) is 13.7. The van der Waals surface area contributed by atoms with Gasteiger partial charge in [0.1, 0.15) is 0 Å². The van der Waals surface area contributed by atoms with Crippen LogP contribution in [-0.2, 0) is 4.74 Å². The van der Waals surface area contributed by atoms with Crippen molar-refractivity contribution >= 4 is 11.4 Å². The molecule has 6 nitrogen and oxygen atoms in total. The summed E-state index contributed by atoms with van der Waals surface area (Å²) in [7, 11) is 1.70. The molecule has 0 amide bonds. The fourth-order valence-corrected chi connectivity index (χ4v) is 2.44. The fourth-order valence-electron chi connectivity index (χ4n) is 2.44. The first-order valence-electron chi connectivity index (χ1n) is 6.37. The van der Waals surface area contributed by atoms with Crippen molar-refractivity contribution < 1.29 is 9.66 Å². The molecule has 2 rings (SSSR count). The largest absolute Gasteiger partial charge is 0.383 e. The molecule has 1 saturated heterocycles. The maximum absolute atomic E-state index is 10.6. The van der Waals surface area contributed by atoms with Gasteiger partial charge < -0.3 is 15.4 Å². The number of nitro benzene ring substituents is 1. The van der Waals surface area contributed by atoms with E-state index in [1.54, 1.807) is 19.2 Å². The minimum Gasteiger partial charge on any atom is -0.383 e. The number of hydrogen-bond acceptors (Lipinski definition) is 5. The molecule has 0 saturated carbocycles. The standard InChI is InChI=1S/C13H19N3O3/c1-19-10-13(7-2-8-15-13)9-14-11-3-5-12(6-4-11)16(17)18/h3-6,14-15H,2,7-10H2,1H3. The average Bonchev–Trinajstić information content (AvgIpc) is 2.86. The van der Waals surface area contributed by atoms with Crippen LogP contribution in [0.15, 0.2) is 24.3 Å². The lowest BCUT2D eigenvalue weighted by molar-refractivity contribution is -0.384. The van der Waals surface area contributed by atoms with Crippen LogP contribution in [0.25, 0.3) is 0 Å². The van der Waals surface area contributed by atoms with Crippen LogP contribution in [0.1, 0.15) is 12.8 Å². The van der Waals surface area contributed by atoms with Crippen LogP contribution < -0.4 is 10.6 Å². The first kappa shape index (κ1) is 13.8. The van der Waals surface area contributed by atoms with Crippen molar-refractivity contribution in [3.05, 3.63) is 34.4 Å². The molecule has 1 aromatic carbocycles. The predicted molar refractivity (Wildman–Crippen MR) is 73.4 cm³/mol. The highest BCUT2D eigenvalue weighted by molar-refractivity contribution is 5.48. The first-order chi connectivity index (χ1) is 9.15. The average molecular weight is 265 g/mol. The molecule has 0 spiro atoms. The molecule has 0 radical (unpaired) electrons. The van der Waals surface area contributed by atoms with Crippen molar-refractivity contribution in [3.8, 4) is 0 Å². The van der Waals surface area contributed by atoms with Gasteiger partial charge >= 0.3 is 0 Å². The van der Waals surface area contributed by atoms with Gasteiger partial charge in [0.25, 0.3) is 5.69 Å². The van der Waals surface area contributed by atoms with Crippen LogP contribution in [0.4, 0.5) is 11.4 Å². The van der Waals surface area contributed by atoms with Crippen LogP contribution >= 0.6 is 0 Å². The number of ether oxygens (including phenoxy) is 1. The number of methoxy groups -OCH3 is 1. The highest BCUT2D eigenvalue weighted by Gasteiger charge is 2.33. The van der Waals surface area contributed by atoms with Gasteiger partial charge in [0.2, 0.25) is 0 Å². The van der Waals surface area contributed by atoms with Gasteiger partial charge in [-0.2, -0.15) is 0 Å². The van der Waals surface area contributed by atoms with Gasteiger partial charge in [0.15, 0.2) is 0 Å². The van der Waals surface area contributed by atoms with E-state index in [9.17, 15) is 10.1 Å². The Kier molecular flexibility index (Phi) is 4.34. The molecule has 0 aliphatic carbocycles. The van der Waals surface area contributed by atoms with E-state index in [2.05, 4.69) is 10.6 Å². The minimum atomic E-state index is -0.394. The van der Waals surface area contributed by atoms with Gasteiger partial charge in [-0.25, -0.2) is 0 Å². The maximum atomic E-state index is 10.6. The summed E-state index contributed by atoms with van der Waals surface area (Å²) >= 11 is 0. The SMILES string of the molecule is COCC1(CNc2ccc([N+](=O)[O-])cc2)CCCN1. The molecule has 1 aromatic rings. The molecule has 19 heavy (non-hydrogen) atoms. The molecule has 1 unspecified atom stereocenters. The Labute approximate surface area is 112 Å². The number of non-ortho nitro benzene ring substituents is 1. The number of anilines is 1. The molecule has 1 aliphatic rings. The van der Waals surface area contributed by atoms with E-state index in [4.69, 9.17) is 4.74 Å². The summed E-state index contributed by atoms with van der Waals surface area (Å²) in [6.45, 7) is 2.41. The summed E-state index contributed by atoms with van der Waals surface area (Å²) in [5.74, 6) is 0. The zero-order valence-corrected chi connectivity index (χ0v) is 11.0. The monoisotopic (exact) mass is 265 g/mol. The molecule has 6 heteroatoms. The van der Waals surface area contributed by atoms with Gasteiger partial charge in [-0.3, -0.25) is 10.1 Å². The van der Waals surface area contributed by atoms with Gasteiger partial charge in [-0.05, 0) is 31.5 Å². The molecule has 1 heterocycles. The molecule has 2 N–H and O–H groups in total. The van der Waals surface area contributed by atoms with Crippen LogP contribution in [0.2, 0.25) is 0 Å². The third-order valence-electron chi connectivity index (χ3n) is 3.46. The molecule has 1 fully saturated rings. The third-order valence-corrected chi connectivity index (χ3v) is 3.46. The molecule has 0 bridgehead atoms. The highest BCUT2D eigenvalue weighted by atomic mass is 16.6. The Morgan fingerprint density at radius 2 is 2.21 bits per heavy atom. The molecule has 0 aromatic heterocycles. The van der Waals surface area contributed by atoms with E-state index >= 15 is 0 Å². The van der Waals surface area contributed by atoms with Gasteiger partial charge in [-0.15, -0.1) is 0 Å². The van der Waals surface area contributed by atoms with Gasteiger partial charge in [0.05, 0.1) is 17.1 Å². The lowest BCUT2D eigenvalue weighted by Crippen LogP contribution is -2.49. The van der Waals surface area contributed by atoms with E-state index in [-0.39, 0.29) is 11.2 Å². The van der Waals surface area contributed by atoms with Gasteiger partial charge in [0, 0.05) is 31.5 Å². The summed E-state index contributed by atoms with van der Waals surface area (Å²) in [6, 6.07) is 6.47. The van der Waals surface area contributed by atoms with Crippen molar-refractivity contribution in [1.29, 1.82) is 0 Å². The lowest BCUT2D eigenvalue weighted by Gasteiger charge is -2.29. The van der Waals surface area contributed by atoms with Crippen molar-refractivity contribution in [2.45, 2.75) is 18.4 Å². The smallest absolute Gasteiger partial charge is 0.269 e. The number of nitrogens with zero attached hydrogens (tertiary/aromatic N) is 1. The van der Waals surface area contributed by atoms with E-state index in [0.717, 1.165) is 31.6 Å². The van der Waals surface area contributed by atoms with Crippen LogP contribution in [0.5, 0.6) is 0 Å². The summed E-state index contributed by atoms with van der Waals surface area (Å²) < 4.78 is 5.28. The number of hydrogen-bond donors (Lipinski definition) is 2. The second-order valence-electron chi connectivity index (χ2n) is 4.90. The summed E-state index contributed by atoms with van der Waals surface area (Å²) in [5, 5.41) is 17.4. The number of benzene rings is 1. The molecule has 1 aliphatic heterocycles. The molecular formula is C13H19N3O3. The number of nitro groups is 1. The third kappa shape index (κ3) is 3.42. The van der Waals surface area contributed by atoms with Crippen LogP contribution in [-0.4, -0.2) is 37.3 Å². The van der Waals surface area contributed by atoms with Crippen molar-refractivity contribution in [1.82, 2.24) is 5.32 Å². The second kappa shape index (κ2) is 5.99. The zero-order valence-electron chi connectivity index (χ0n) is 11.0. The quantitative estimate of drug-likeness (QED) is 0.605. The topological polar surface area (TPSA) is 76.4 Å². The number of nitrogens with one attached hydrogen (secondary N) is 2. The Bertz CT molecular complexity index is 427. The molecular weight excluding hydrogens is 246 g/mol. The van der Waals surface area contributed by atoms with Gasteiger partial charge in [-0.1, -0.05) is 0 Å². The van der Waals surface area contributed by atoms with E-state index < -0.39 is 4.92 Å². The van der Waals surface area contributed by atoms with Crippen LogP contribution in [0, 0.1) is 10.1 Å². The second-order valence-corrected chi connectivity index (χ2v) is 4.90. The molecule has 1 atom stereocenters. The van der Waals surface area contributed by atoms with Crippen molar-refractivity contribution in [3.63, 3.8) is 0 Å². The summed E-state index contributed by atoms with van der Waals surface area (Å²) in [5.41, 5.74) is 0.960. The highest BCUT2D eigenvalue weighted by Crippen LogP contribution is 2.21. The Morgan fingerprint density at radius 1 is 1.47 bits per heavy atom. The summed E-state index contributed by atoms with van der Waals surface area (Å²) in [4.78, 5) is 10.2. The first-order valence-corrected chi connectivity index (χ1v) is 6.37. The summed E-state index contributed by atoms with van der Waals surface area (Å²) in [6.07, 6.45) is 2.21. The normalized spacial score (nSPS) is 22.4. The van der Waals surface area contributed by atoms with Crippen LogP contribution in [0.3, 0.4) is 0 Å². The molecule has 104 valence electrons. The van der Waals surface area contributed by atoms with E-state index in [1.165, 1.54) is 12.1 Å². The Balaban J connectivity index is 1.95. The fraction of sp³-hybridized carbons (Fsp3) is 0.538. The lowest BCUT2D eigenvalue weighted by atomic mass is 9.98. The van der Waals surface area contributed by atoms with E-state index in [0.29, 0.717) is 6.61 Å². The Hall–Kier alpha value is -1.66. The maximum Gasteiger partial charge on any atom is 0.269 e. The van der Waals surface area contributed by atoms with Crippen molar-refractivity contribution in [2.75, 3.05) is 32.1 Å². The minimum absolute atomic E-state index is 0.0312.